The van der Waals surface area contributed by atoms with Crippen molar-refractivity contribution in [3.63, 3.8) is 0 Å². The van der Waals surface area contributed by atoms with Crippen molar-refractivity contribution in [2.75, 3.05) is 19.8 Å². The van der Waals surface area contributed by atoms with E-state index in [1.54, 1.807) is 0 Å². The van der Waals surface area contributed by atoms with Gasteiger partial charge < -0.3 is 30.3 Å². The first-order chi connectivity index (χ1) is 8.58. The number of unbranched alkanes of at least 4 members (excludes halogenated alkanes) is 3. The lowest BCUT2D eigenvalue weighted by Gasteiger charge is -2.27. The minimum atomic E-state index is -1.54. The molecular weight excluding hydrogens is 240 g/mol. The zero-order valence-electron chi connectivity index (χ0n) is 10.9. The van der Waals surface area contributed by atoms with Crippen molar-refractivity contribution in [1.82, 2.24) is 0 Å². The Balaban J connectivity index is 3.99. The largest absolute Gasteiger partial charge is 0.394 e. The summed E-state index contributed by atoms with van der Waals surface area (Å²) in [5.74, 6) is 0. The molecule has 0 aliphatic rings. The van der Waals surface area contributed by atoms with Crippen LogP contribution >= 0.6 is 0 Å². The molecule has 5 N–H and O–H groups in total. The molecule has 0 saturated carbocycles. The predicted octanol–water partition coefficient (Wildman–Crippen LogP) is -0.981. The fourth-order valence-corrected chi connectivity index (χ4v) is 1.58. The fraction of sp³-hybridized carbons (Fsp3) is 1.00. The molecule has 0 aromatic heterocycles. The summed E-state index contributed by atoms with van der Waals surface area (Å²) in [7, 11) is 0. The normalized spacial score (nSPS) is 18.3. The highest BCUT2D eigenvalue weighted by Crippen LogP contribution is 2.09. The van der Waals surface area contributed by atoms with Gasteiger partial charge in [0.05, 0.1) is 13.2 Å². The molecule has 0 fully saturated rings. The molecule has 0 aromatic carbocycles. The Morgan fingerprint density at radius 1 is 0.889 bits per heavy atom. The van der Waals surface area contributed by atoms with Gasteiger partial charge in [-0.2, -0.15) is 0 Å². The standard InChI is InChI=1S/C12H26O6/c1-2-3-4-5-6-18-10(8-14)12(17)11(16)9(15)7-13/h9-17H,2-8H2,1H3. The summed E-state index contributed by atoms with van der Waals surface area (Å²) in [6.07, 6.45) is -1.34. The Labute approximate surface area is 108 Å². The van der Waals surface area contributed by atoms with Gasteiger partial charge in [0.15, 0.2) is 0 Å². The first-order valence-corrected chi connectivity index (χ1v) is 6.46. The Bertz CT molecular complexity index is 189. The second-order valence-corrected chi connectivity index (χ2v) is 4.38. The van der Waals surface area contributed by atoms with E-state index in [-0.39, 0.29) is 0 Å². The number of aliphatic hydroxyl groups is 5. The molecule has 0 amide bonds. The van der Waals surface area contributed by atoms with Crippen LogP contribution in [0.25, 0.3) is 0 Å². The van der Waals surface area contributed by atoms with Crippen molar-refractivity contribution in [2.24, 2.45) is 0 Å². The predicted molar refractivity (Wildman–Crippen MR) is 66.1 cm³/mol. The molecule has 18 heavy (non-hydrogen) atoms. The van der Waals surface area contributed by atoms with Gasteiger partial charge in [0.2, 0.25) is 0 Å². The molecule has 0 heterocycles. The highest BCUT2D eigenvalue weighted by Gasteiger charge is 2.31. The van der Waals surface area contributed by atoms with E-state index in [0.29, 0.717) is 6.61 Å². The van der Waals surface area contributed by atoms with Gasteiger partial charge in [-0.15, -0.1) is 0 Å². The van der Waals surface area contributed by atoms with E-state index in [0.717, 1.165) is 25.7 Å². The molecule has 4 atom stereocenters. The minimum Gasteiger partial charge on any atom is -0.394 e. The molecule has 6 nitrogen and oxygen atoms in total. The smallest absolute Gasteiger partial charge is 0.111 e. The quantitative estimate of drug-likeness (QED) is 0.307. The van der Waals surface area contributed by atoms with Gasteiger partial charge in [-0.05, 0) is 6.42 Å². The molecule has 0 rings (SSSR count). The highest BCUT2D eigenvalue weighted by atomic mass is 16.5. The van der Waals surface area contributed by atoms with Crippen LogP contribution in [0.5, 0.6) is 0 Å². The Morgan fingerprint density at radius 2 is 1.56 bits per heavy atom. The fourth-order valence-electron chi connectivity index (χ4n) is 1.58. The van der Waals surface area contributed by atoms with Crippen LogP contribution in [0.15, 0.2) is 0 Å². The maximum absolute atomic E-state index is 9.68. The lowest BCUT2D eigenvalue weighted by Crippen LogP contribution is -2.48. The summed E-state index contributed by atoms with van der Waals surface area (Å²) in [5, 5.41) is 46.1. The lowest BCUT2D eigenvalue weighted by atomic mass is 10.0. The molecule has 0 saturated heterocycles. The second-order valence-electron chi connectivity index (χ2n) is 4.38. The molecule has 4 unspecified atom stereocenters. The van der Waals surface area contributed by atoms with Crippen molar-refractivity contribution in [1.29, 1.82) is 0 Å². The van der Waals surface area contributed by atoms with Gasteiger partial charge in [0.25, 0.3) is 0 Å². The SMILES string of the molecule is CCCCCCOC(CO)C(O)C(O)C(O)CO. The number of aliphatic hydroxyl groups excluding tert-OH is 5. The van der Waals surface area contributed by atoms with Crippen LogP contribution in [0.2, 0.25) is 0 Å². The van der Waals surface area contributed by atoms with Crippen molar-refractivity contribution in [3.05, 3.63) is 0 Å². The third-order valence-electron chi connectivity index (χ3n) is 2.82. The lowest BCUT2D eigenvalue weighted by molar-refractivity contribution is -0.141. The first kappa shape index (κ1) is 17.8. The van der Waals surface area contributed by atoms with Gasteiger partial charge in [-0.25, -0.2) is 0 Å². The van der Waals surface area contributed by atoms with Crippen LogP contribution in [0, 0.1) is 0 Å². The van der Waals surface area contributed by atoms with Crippen LogP contribution in [0.4, 0.5) is 0 Å². The minimum absolute atomic E-state index is 0.379. The molecule has 0 aliphatic heterocycles. The van der Waals surface area contributed by atoms with Gasteiger partial charge in [-0.3, -0.25) is 0 Å². The summed E-state index contributed by atoms with van der Waals surface area (Å²) in [6.45, 7) is 1.36. The van der Waals surface area contributed by atoms with Crippen LogP contribution in [0.1, 0.15) is 32.6 Å². The van der Waals surface area contributed by atoms with Crippen LogP contribution < -0.4 is 0 Å². The molecule has 6 heteroatoms. The first-order valence-electron chi connectivity index (χ1n) is 6.46. The monoisotopic (exact) mass is 266 g/mol. The Kier molecular flexibility index (Phi) is 10.5. The number of hydrogen-bond donors (Lipinski definition) is 5. The summed E-state index contributed by atoms with van der Waals surface area (Å²) in [5.41, 5.74) is 0. The van der Waals surface area contributed by atoms with Gasteiger partial charge >= 0.3 is 0 Å². The number of hydrogen-bond acceptors (Lipinski definition) is 6. The van der Waals surface area contributed by atoms with E-state index in [9.17, 15) is 15.3 Å². The topological polar surface area (TPSA) is 110 Å². The molecule has 0 spiro atoms. The third kappa shape index (κ3) is 6.63. The van der Waals surface area contributed by atoms with Crippen LogP contribution in [-0.4, -0.2) is 69.8 Å². The third-order valence-corrected chi connectivity index (χ3v) is 2.82. The average molecular weight is 266 g/mol. The van der Waals surface area contributed by atoms with Gasteiger partial charge in [0.1, 0.15) is 24.4 Å². The van der Waals surface area contributed by atoms with Crippen molar-refractivity contribution in [2.45, 2.75) is 57.0 Å². The van der Waals surface area contributed by atoms with Crippen molar-refractivity contribution in [3.8, 4) is 0 Å². The van der Waals surface area contributed by atoms with E-state index in [1.807, 2.05) is 0 Å². The molecule has 0 aromatic rings. The number of rotatable bonds is 11. The van der Waals surface area contributed by atoms with Crippen molar-refractivity contribution >= 4 is 0 Å². The summed E-state index contributed by atoms with van der Waals surface area (Å²) in [4.78, 5) is 0. The van der Waals surface area contributed by atoms with E-state index >= 15 is 0 Å². The van der Waals surface area contributed by atoms with E-state index in [1.165, 1.54) is 0 Å². The van der Waals surface area contributed by atoms with E-state index in [4.69, 9.17) is 14.9 Å². The molecule has 0 bridgehead atoms. The van der Waals surface area contributed by atoms with E-state index < -0.39 is 37.6 Å². The molecule has 110 valence electrons. The highest BCUT2D eigenvalue weighted by molar-refractivity contribution is 4.81. The molecule has 0 radical (unpaired) electrons. The summed E-state index contributed by atoms with van der Waals surface area (Å²) < 4.78 is 5.26. The van der Waals surface area contributed by atoms with Crippen molar-refractivity contribution < 1.29 is 30.3 Å². The van der Waals surface area contributed by atoms with Crippen LogP contribution in [-0.2, 0) is 4.74 Å². The summed E-state index contributed by atoms with van der Waals surface area (Å²) in [6, 6.07) is 0. The average Bonchev–Trinajstić information content (AvgIpc) is 2.40. The molecule has 0 aliphatic carbocycles. The number of ether oxygens (including phenoxy) is 1. The van der Waals surface area contributed by atoms with E-state index in [2.05, 4.69) is 6.92 Å². The second kappa shape index (κ2) is 10.7. The maximum atomic E-state index is 9.68. The van der Waals surface area contributed by atoms with Crippen LogP contribution in [0.3, 0.4) is 0 Å². The molecular formula is C12H26O6. The Morgan fingerprint density at radius 3 is 2.06 bits per heavy atom. The maximum Gasteiger partial charge on any atom is 0.111 e. The Hall–Kier alpha value is -0.240. The summed E-state index contributed by atoms with van der Waals surface area (Å²) >= 11 is 0. The van der Waals surface area contributed by atoms with Gasteiger partial charge in [-0.1, -0.05) is 26.2 Å². The van der Waals surface area contributed by atoms with Gasteiger partial charge in [0, 0.05) is 6.61 Å². The zero-order chi connectivity index (χ0) is 14.0. The zero-order valence-corrected chi connectivity index (χ0v) is 10.9.